The first kappa shape index (κ1) is 18.9. The topological polar surface area (TPSA) is 64.7 Å². The lowest BCUT2D eigenvalue weighted by Gasteiger charge is -2.06. The third-order valence-electron chi connectivity index (χ3n) is 3.76. The van der Waals surface area contributed by atoms with Gasteiger partial charge in [-0.2, -0.15) is 10.2 Å². The first-order chi connectivity index (χ1) is 12.3. The molecule has 9 heteroatoms. The molecule has 1 amide bonds. The van der Waals surface area contributed by atoms with Gasteiger partial charge in [0.25, 0.3) is 0 Å². The second-order valence-corrected chi connectivity index (χ2v) is 7.55. The zero-order valence-corrected chi connectivity index (χ0v) is 17.2. The Morgan fingerprint density at radius 1 is 1.19 bits per heavy atom. The number of carbonyl (C=O) groups excluding carboxylic acids is 1. The second kappa shape index (κ2) is 7.82. The smallest absolute Gasteiger partial charge is 0.247 e. The fourth-order valence-electron chi connectivity index (χ4n) is 2.45. The molecule has 26 heavy (non-hydrogen) atoms. The second-order valence-electron chi connectivity index (χ2n) is 5.89. The lowest BCUT2D eigenvalue weighted by atomic mass is 10.2. The Balaban J connectivity index is 1.67. The SMILES string of the molecule is Cc1nn(CC(=O)Nc2cc(C)n(Cc3ccc(Cl)c(Cl)c3)n2)cc1Br. The summed E-state index contributed by atoms with van der Waals surface area (Å²) in [4.78, 5) is 12.2. The molecule has 0 aliphatic rings. The van der Waals surface area contributed by atoms with E-state index in [4.69, 9.17) is 23.2 Å². The highest BCUT2D eigenvalue weighted by atomic mass is 79.9. The van der Waals surface area contributed by atoms with Crippen molar-refractivity contribution in [3.8, 4) is 0 Å². The van der Waals surface area contributed by atoms with E-state index in [0.29, 0.717) is 22.4 Å². The van der Waals surface area contributed by atoms with Gasteiger partial charge >= 0.3 is 0 Å². The highest BCUT2D eigenvalue weighted by molar-refractivity contribution is 9.10. The monoisotopic (exact) mass is 455 g/mol. The van der Waals surface area contributed by atoms with E-state index in [0.717, 1.165) is 21.4 Å². The molecule has 2 heterocycles. The number of aryl methyl sites for hydroxylation is 2. The molecule has 0 spiro atoms. The number of aromatic nitrogens is 4. The number of anilines is 1. The Morgan fingerprint density at radius 2 is 1.96 bits per heavy atom. The summed E-state index contributed by atoms with van der Waals surface area (Å²) < 4.78 is 4.24. The van der Waals surface area contributed by atoms with Gasteiger partial charge in [-0.25, -0.2) is 0 Å². The molecule has 0 bridgehead atoms. The third-order valence-corrected chi connectivity index (χ3v) is 5.27. The van der Waals surface area contributed by atoms with Crippen LogP contribution in [0.25, 0.3) is 0 Å². The van der Waals surface area contributed by atoms with E-state index in [-0.39, 0.29) is 12.5 Å². The van der Waals surface area contributed by atoms with E-state index < -0.39 is 0 Å². The van der Waals surface area contributed by atoms with Crippen LogP contribution in [0.4, 0.5) is 5.82 Å². The number of halogens is 3. The molecule has 0 radical (unpaired) electrons. The van der Waals surface area contributed by atoms with Crippen molar-refractivity contribution in [2.24, 2.45) is 0 Å². The molecule has 3 aromatic rings. The van der Waals surface area contributed by atoms with Crippen molar-refractivity contribution in [2.45, 2.75) is 26.9 Å². The maximum Gasteiger partial charge on any atom is 0.247 e. The summed E-state index contributed by atoms with van der Waals surface area (Å²) in [7, 11) is 0. The van der Waals surface area contributed by atoms with Gasteiger partial charge in [-0.1, -0.05) is 29.3 Å². The van der Waals surface area contributed by atoms with Crippen LogP contribution in [0, 0.1) is 13.8 Å². The predicted molar refractivity (Wildman–Crippen MR) is 106 cm³/mol. The Hall–Kier alpha value is -1.83. The Morgan fingerprint density at radius 3 is 2.62 bits per heavy atom. The highest BCUT2D eigenvalue weighted by Crippen LogP contribution is 2.23. The van der Waals surface area contributed by atoms with Gasteiger partial charge in [-0.05, 0) is 47.5 Å². The highest BCUT2D eigenvalue weighted by Gasteiger charge is 2.11. The minimum atomic E-state index is -0.195. The summed E-state index contributed by atoms with van der Waals surface area (Å²) in [6.07, 6.45) is 1.77. The minimum Gasteiger partial charge on any atom is -0.308 e. The fourth-order valence-corrected chi connectivity index (χ4v) is 3.08. The quantitative estimate of drug-likeness (QED) is 0.616. The van der Waals surface area contributed by atoms with Crippen molar-refractivity contribution in [3.05, 3.63) is 61.9 Å². The first-order valence-corrected chi connectivity index (χ1v) is 9.34. The van der Waals surface area contributed by atoms with E-state index in [1.165, 1.54) is 0 Å². The van der Waals surface area contributed by atoms with Crippen molar-refractivity contribution in [3.63, 3.8) is 0 Å². The van der Waals surface area contributed by atoms with E-state index in [1.807, 2.05) is 26.0 Å². The summed E-state index contributed by atoms with van der Waals surface area (Å²) in [5.41, 5.74) is 2.73. The van der Waals surface area contributed by atoms with Crippen LogP contribution in [-0.4, -0.2) is 25.5 Å². The lowest BCUT2D eigenvalue weighted by Crippen LogP contribution is -2.19. The lowest BCUT2D eigenvalue weighted by molar-refractivity contribution is -0.116. The summed E-state index contributed by atoms with van der Waals surface area (Å²) in [5, 5.41) is 12.5. The Kier molecular flexibility index (Phi) is 5.70. The summed E-state index contributed by atoms with van der Waals surface area (Å²) >= 11 is 15.4. The van der Waals surface area contributed by atoms with Gasteiger partial charge in [-0.3, -0.25) is 14.2 Å². The van der Waals surface area contributed by atoms with Gasteiger partial charge in [0.1, 0.15) is 6.54 Å². The Labute approximate surface area is 169 Å². The third kappa shape index (κ3) is 4.47. The summed E-state index contributed by atoms with van der Waals surface area (Å²) in [5.74, 6) is 0.301. The number of hydrogen-bond donors (Lipinski definition) is 1. The molecule has 0 saturated heterocycles. The predicted octanol–water partition coefficient (Wildman–Crippen LogP) is 4.45. The molecule has 136 valence electrons. The number of amides is 1. The zero-order chi connectivity index (χ0) is 18.8. The van der Waals surface area contributed by atoms with E-state index in [1.54, 1.807) is 27.7 Å². The van der Waals surface area contributed by atoms with E-state index >= 15 is 0 Å². The van der Waals surface area contributed by atoms with Crippen LogP contribution in [0.1, 0.15) is 17.0 Å². The number of nitrogens with one attached hydrogen (secondary N) is 1. The molecule has 0 unspecified atom stereocenters. The number of hydrogen-bond acceptors (Lipinski definition) is 3. The van der Waals surface area contributed by atoms with Gasteiger partial charge in [-0.15, -0.1) is 0 Å². The molecule has 0 fully saturated rings. The minimum absolute atomic E-state index is 0.116. The summed E-state index contributed by atoms with van der Waals surface area (Å²) in [6, 6.07) is 7.28. The van der Waals surface area contributed by atoms with Crippen LogP contribution in [0.15, 0.2) is 34.9 Å². The Bertz CT molecular complexity index is 947. The number of nitrogens with zero attached hydrogens (tertiary/aromatic N) is 4. The van der Waals surface area contributed by atoms with Crippen molar-refractivity contribution in [1.29, 1.82) is 0 Å². The molecule has 2 aromatic heterocycles. The maximum absolute atomic E-state index is 12.2. The molecular formula is C17H16BrCl2N5O. The molecule has 0 aliphatic carbocycles. The molecule has 3 rings (SSSR count). The largest absolute Gasteiger partial charge is 0.308 e. The van der Waals surface area contributed by atoms with Crippen molar-refractivity contribution >= 4 is 50.9 Å². The standard InChI is InChI=1S/C17H16BrCl2N5O/c1-10-5-16(21-17(26)9-24-8-13(18)11(2)22-24)23-25(10)7-12-3-4-14(19)15(20)6-12/h3-6,8H,7,9H2,1-2H3,(H,21,23,26). The number of benzene rings is 1. The van der Waals surface area contributed by atoms with Gasteiger partial charge in [0.2, 0.25) is 5.91 Å². The maximum atomic E-state index is 12.2. The molecule has 1 N–H and O–H groups in total. The molecule has 6 nitrogen and oxygen atoms in total. The van der Waals surface area contributed by atoms with Gasteiger partial charge < -0.3 is 5.32 Å². The van der Waals surface area contributed by atoms with Crippen molar-refractivity contribution in [1.82, 2.24) is 19.6 Å². The molecule has 0 saturated carbocycles. The van der Waals surface area contributed by atoms with Crippen molar-refractivity contribution in [2.75, 3.05) is 5.32 Å². The number of carbonyl (C=O) groups is 1. The molecule has 0 atom stereocenters. The zero-order valence-electron chi connectivity index (χ0n) is 14.1. The van der Waals surface area contributed by atoms with Crippen LogP contribution >= 0.6 is 39.1 Å². The first-order valence-electron chi connectivity index (χ1n) is 7.79. The van der Waals surface area contributed by atoms with Crippen LogP contribution in [0.3, 0.4) is 0 Å². The van der Waals surface area contributed by atoms with Crippen LogP contribution in [-0.2, 0) is 17.9 Å². The number of rotatable bonds is 5. The average molecular weight is 457 g/mol. The van der Waals surface area contributed by atoms with Crippen LogP contribution < -0.4 is 5.32 Å². The molecule has 1 aromatic carbocycles. The molecular weight excluding hydrogens is 441 g/mol. The van der Waals surface area contributed by atoms with Gasteiger partial charge in [0.05, 0.1) is 26.8 Å². The van der Waals surface area contributed by atoms with Crippen molar-refractivity contribution < 1.29 is 4.79 Å². The van der Waals surface area contributed by atoms with E-state index in [2.05, 4.69) is 31.4 Å². The van der Waals surface area contributed by atoms with E-state index in [9.17, 15) is 4.79 Å². The van der Waals surface area contributed by atoms with Gasteiger partial charge in [0.15, 0.2) is 5.82 Å². The van der Waals surface area contributed by atoms with Crippen LogP contribution in [0.2, 0.25) is 10.0 Å². The normalized spacial score (nSPS) is 11.0. The van der Waals surface area contributed by atoms with Crippen LogP contribution in [0.5, 0.6) is 0 Å². The average Bonchev–Trinajstić information content (AvgIpc) is 3.05. The molecule has 0 aliphatic heterocycles. The fraction of sp³-hybridized carbons (Fsp3) is 0.235. The summed E-state index contributed by atoms with van der Waals surface area (Å²) in [6.45, 7) is 4.44. The van der Waals surface area contributed by atoms with Gasteiger partial charge in [0, 0.05) is 18.0 Å².